The second-order valence-corrected chi connectivity index (χ2v) is 5.50. The van der Waals surface area contributed by atoms with Gasteiger partial charge in [0.15, 0.2) is 0 Å². The van der Waals surface area contributed by atoms with Crippen LogP contribution in [0, 0.1) is 16.7 Å². The smallest absolute Gasteiger partial charge is 0.335 e. The molecule has 0 aliphatic heterocycles. The fourth-order valence-corrected chi connectivity index (χ4v) is 3.35. The molecule has 0 saturated heterocycles. The van der Waals surface area contributed by atoms with Gasteiger partial charge in [-0.05, 0) is 24.7 Å². The van der Waals surface area contributed by atoms with E-state index in [2.05, 4.69) is 4.74 Å². The van der Waals surface area contributed by atoms with Crippen LogP contribution in [-0.2, 0) is 23.9 Å². The van der Waals surface area contributed by atoms with Crippen LogP contribution in [0.4, 0.5) is 0 Å². The van der Waals surface area contributed by atoms with E-state index in [0.717, 1.165) is 7.11 Å². The molecule has 0 spiro atoms. The van der Waals surface area contributed by atoms with Gasteiger partial charge in [0, 0.05) is 0 Å². The highest BCUT2D eigenvalue weighted by Gasteiger charge is 2.68. The van der Waals surface area contributed by atoms with Gasteiger partial charge >= 0.3 is 23.9 Å². The van der Waals surface area contributed by atoms with Crippen LogP contribution in [0.3, 0.4) is 0 Å². The highest BCUT2D eigenvalue weighted by molar-refractivity contribution is 6.19. The van der Waals surface area contributed by atoms with Gasteiger partial charge in [0.25, 0.3) is 5.41 Å². The molecule has 0 bridgehead atoms. The number of hydrogen-bond donors (Lipinski definition) is 3. The average molecular weight is 332 g/mol. The molecule has 8 nitrogen and oxygen atoms in total. The summed E-state index contributed by atoms with van der Waals surface area (Å²) in [4.78, 5) is 47.5. The Bertz CT molecular complexity index is 464. The van der Waals surface area contributed by atoms with Gasteiger partial charge in [-0.1, -0.05) is 27.2 Å². The molecular formula is C15H24O8. The monoisotopic (exact) mass is 332 g/mol. The van der Waals surface area contributed by atoms with E-state index in [4.69, 9.17) is 0 Å². The highest BCUT2D eigenvalue weighted by Crippen LogP contribution is 2.49. The van der Waals surface area contributed by atoms with E-state index >= 15 is 0 Å². The normalized spacial score (nSPS) is 13.2. The number of carboxylic acid groups (broad SMARTS) is 3. The standard InChI is InChI=1S/C15H24O8/c1-5-8-14(6-2,7-3)9(10(16)17)15(11(18)19,12(20)21)13(22)23-4/h9H,5-8H2,1-4H3,(H,16,17)(H,18,19)(H,20,21). The molecule has 0 fully saturated rings. The first-order valence-electron chi connectivity index (χ1n) is 7.40. The van der Waals surface area contributed by atoms with Gasteiger partial charge in [-0.15, -0.1) is 0 Å². The van der Waals surface area contributed by atoms with Crippen molar-refractivity contribution in [3.8, 4) is 0 Å². The first kappa shape index (κ1) is 20.9. The lowest BCUT2D eigenvalue weighted by molar-refractivity contribution is -0.194. The summed E-state index contributed by atoms with van der Waals surface area (Å²) in [7, 11) is 0.835. The van der Waals surface area contributed by atoms with Crippen LogP contribution in [0.25, 0.3) is 0 Å². The minimum Gasteiger partial charge on any atom is -0.481 e. The van der Waals surface area contributed by atoms with Gasteiger partial charge in [-0.3, -0.25) is 19.2 Å². The van der Waals surface area contributed by atoms with E-state index < -0.39 is 40.6 Å². The summed E-state index contributed by atoms with van der Waals surface area (Å²) in [5.41, 5.74) is -4.35. The van der Waals surface area contributed by atoms with Crippen LogP contribution in [0.15, 0.2) is 0 Å². The molecule has 8 heteroatoms. The fourth-order valence-electron chi connectivity index (χ4n) is 3.35. The summed E-state index contributed by atoms with van der Waals surface area (Å²) in [6, 6.07) is 0. The van der Waals surface area contributed by atoms with E-state index in [-0.39, 0.29) is 19.3 Å². The summed E-state index contributed by atoms with van der Waals surface area (Å²) in [6.07, 6.45) is 1.22. The molecule has 0 aliphatic carbocycles. The lowest BCUT2D eigenvalue weighted by Gasteiger charge is -2.42. The van der Waals surface area contributed by atoms with E-state index in [0.29, 0.717) is 6.42 Å². The minimum absolute atomic E-state index is 0.216. The number of ether oxygens (including phenoxy) is 1. The van der Waals surface area contributed by atoms with E-state index in [1.54, 1.807) is 20.8 Å². The lowest BCUT2D eigenvalue weighted by atomic mass is 9.57. The molecule has 132 valence electrons. The number of carbonyl (C=O) groups is 4. The van der Waals surface area contributed by atoms with Crippen LogP contribution in [0.2, 0.25) is 0 Å². The molecule has 23 heavy (non-hydrogen) atoms. The van der Waals surface area contributed by atoms with Crippen molar-refractivity contribution in [3.63, 3.8) is 0 Å². The predicted octanol–water partition coefficient (Wildman–Crippen LogP) is 1.62. The second-order valence-electron chi connectivity index (χ2n) is 5.50. The first-order chi connectivity index (χ1) is 10.6. The summed E-state index contributed by atoms with van der Waals surface area (Å²) >= 11 is 0. The molecular weight excluding hydrogens is 308 g/mol. The highest BCUT2D eigenvalue weighted by atomic mass is 16.5. The maximum Gasteiger partial charge on any atom is 0.335 e. The average Bonchev–Trinajstić information content (AvgIpc) is 2.48. The minimum atomic E-state index is -3.19. The van der Waals surface area contributed by atoms with Gasteiger partial charge in [0.1, 0.15) is 5.92 Å². The van der Waals surface area contributed by atoms with Crippen molar-refractivity contribution in [2.24, 2.45) is 16.7 Å². The summed E-state index contributed by atoms with van der Waals surface area (Å²) < 4.78 is 4.37. The third-order valence-corrected chi connectivity index (χ3v) is 4.63. The summed E-state index contributed by atoms with van der Waals surface area (Å²) in [5.74, 6) is -9.25. The van der Waals surface area contributed by atoms with Gasteiger partial charge in [0.05, 0.1) is 7.11 Å². The lowest BCUT2D eigenvalue weighted by Crippen LogP contribution is -2.60. The largest absolute Gasteiger partial charge is 0.481 e. The van der Waals surface area contributed by atoms with Crippen molar-refractivity contribution < 1.29 is 39.2 Å². The molecule has 0 aromatic rings. The van der Waals surface area contributed by atoms with Crippen molar-refractivity contribution in [3.05, 3.63) is 0 Å². The zero-order valence-corrected chi connectivity index (χ0v) is 13.8. The van der Waals surface area contributed by atoms with Gasteiger partial charge < -0.3 is 20.1 Å². The van der Waals surface area contributed by atoms with Crippen LogP contribution in [0.5, 0.6) is 0 Å². The molecule has 0 aliphatic rings. The third-order valence-electron chi connectivity index (χ3n) is 4.63. The number of hydrogen-bond acceptors (Lipinski definition) is 5. The molecule has 0 aromatic heterocycles. The number of carbonyl (C=O) groups excluding carboxylic acids is 1. The zero-order valence-electron chi connectivity index (χ0n) is 13.8. The van der Waals surface area contributed by atoms with Crippen LogP contribution >= 0.6 is 0 Å². The zero-order chi connectivity index (χ0) is 18.4. The second kappa shape index (κ2) is 7.94. The Labute approximate surface area is 134 Å². The summed E-state index contributed by atoms with van der Waals surface area (Å²) in [5, 5.41) is 28.6. The number of methoxy groups -OCH3 is 1. The molecule has 0 radical (unpaired) electrons. The van der Waals surface area contributed by atoms with Crippen molar-refractivity contribution in [2.75, 3.05) is 7.11 Å². The number of carboxylic acids is 3. The molecule has 0 rings (SSSR count). The SMILES string of the molecule is CCCC(CC)(CC)C(C(=O)O)C(C(=O)O)(C(=O)O)C(=O)OC. The van der Waals surface area contributed by atoms with Crippen molar-refractivity contribution in [2.45, 2.75) is 46.5 Å². The molecule has 1 unspecified atom stereocenters. The Balaban J connectivity index is 6.75. The van der Waals surface area contributed by atoms with Crippen LogP contribution < -0.4 is 0 Å². The Kier molecular flexibility index (Phi) is 7.21. The van der Waals surface area contributed by atoms with Crippen molar-refractivity contribution >= 4 is 23.9 Å². The molecule has 0 amide bonds. The molecule has 0 heterocycles. The van der Waals surface area contributed by atoms with Crippen LogP contribution in [-0.4, -0.2) is 46.3 Å². The number of rotatable bonds is 10. The maximum atomic E-state index is 12.1. The molecule has 0 saturated carbocycles. The fraction of sp³-hybridized carbons (Fsp3) is 0.733. The topological polar surface area (TPSA) is 138 Å². The molecule has 1 atom stereocenters. The Morgan fingerprint density at radius 2 is 1.39 bits per heavy atom. The first-order valence-corrected chi connectivity index (χ1v) is 7.40. The molecule has 3 N–H and O–H groups in total. The van der Waals surface area contributed by atoms with E-state index in [1.165, 1.54) is 0 Å². The van der Waals surface area contributed by atoms with Gasteiger partial charge in [0.2, 0.25) is 0 Å². The third kappa shape index (κ3) is 3.30. The van der Waals surface area contributed by atoms with Gasteiger partial charge in [-0.2, -0.15) is 0 Å². The Hall–Kier alpha value is -2.12. The number of esters is 1. The van der Waals surface area contributed by atoms with Gasteiger partial charge in [-0.25, -0.2) is 0 Å². The quantitative estimate of drug-likeness (QED) is 0.405. The van der Waals surface area contributed by atoms with E-state index in [9.17, 15) is 34.5 Å². The summed E-state index contributed by atoms with van der Waals surface area (Å²) in [6.45, 7) is 5.09. The van der Waals surface area contributed by atoms with E-state index in [1.807, 2.05) is 0 Å². The van der Waals surface area contributed by atoms with Crippen LogP contribution in [0.1, 0.15) is 46.5 Å². The Morgan fingerprint density at radius 3 is 1.61 bits per heavy atom. The van der Waals surface area contributed by atoms with Crippen molar-refractivity contribution in [1.82, 2.24) is 0 Å². The predicted molar refractivity (Wildman–Crippen MR) is 78.8 cm³/mol. The van der Waals surface area contributed by atoms with Crippen molar-refractivity contribution in [1.29, 1.82) is 0 Å². The maximum absolute atomic E-state index is 12.1. The Morgan fingerprint density at radius 1 is 0.957 bits per heavy atom. The molecule has 0 aromatic carbocycles. The number of aliphatic carboxylic acids is 3.